The molecular formula is C24H19N3O7S. The molecule has 0 aliphatic carbocycles. The predicted molar refractivity (Wildman–Crippen MR) is 127 cm³/mol. The molecule has 0 aliphatic heterocycles. The van der Waals surface area contributed by atoms with E-state index in [4.69, 9.17) is 8.92 Å². The molecule has 0 spiro atoms. The standard InChI is InChI=1S/C24H19N3O7S/c1-16-3-10-21(11-4-16)35(31,32)34-20-8-5-17(6-9-20)13-18(15-25)24(28)26-22-14-19(27(29)30)7-12-23(22)33-2/h3-14H,1-2H3,(H,26,28)/b18-13+. The molecule has 0 radical (unpaired) electrons. The molecule has 0 atom stereocenters. The molecule has 0 fully saturated rings. The lowest BCUT2D eigenvalue weighted by Gasteiger charge is -2.10. The van der Waals surface area contributed by atoms with Crippen molar-refractivity contribution in [3.8, 4) is 17.6 Å². The molecular weight excluding hydrogens is 474 g/mol. The van der Waals surface area contributed by atoms with E-state index in [-0.39, 0.29) is 33.3 Å². The van der Waals surface area contributed by atoms with Crippen LogP contribution in [0.15, 0.2) is 77.2 Å². The highest BCUT2D eigenvalue weighted by Gasteiger charge is 2.18. The molecule has 11 heteroatoms. The van der Waals surface area contributed by atoms with Crippen LogP contribution in [0.25, 0.3) is 6.08 Å². The molecule has 0 aromatic heterocycles. The maximum absolute atomic E-state index is 12.6. The van der Waals surface area contributed by atoms with Crippen LogP contribution in [0, 0.1) is 28.4 Å². The van der Waals surface area contributed by atoms with Gasteiger partial charge in [0.05, 0.1) is 17.7 Å². The lowest BCUT2D eigenvalue weighted by atomic mass is 10.1. The molecule has 0 heterocycles. The van der Waals surface area contributed by atoms with Crippen molar-refractivity contribution in [1.29, 1.82) is 5.26 Å². The van der Waals surface area contributed by atoms with Gasteiger partial charge in [-0.1, -0.05) is 29.8 Å². The van der Waals surface area contributed by atoms with Crippen LogP contribution in [-0.2, 0) is 14.9 Å². The number of carbonyl (C=O) groups is 1. The fourth-order valence-electron chi connectivity index (χ4n) is 2.91. The van der Waals surface area contributed by atoms with Crippen LogP contribution < -0.4 is 14.2 Å². The van der Waals surface area contributed by atoms with Crippen LogP contribution in [0.1, 0.15) is 11.1 Å². The maximum Gasteiger partial charge on any atom is 0.339 e. The number of methoxy groups -OCH3 is 1. The molecule has 1 amide bonds. The van der Waals surface area contributed by atoms with Crippen molar-refractivity contribution >= 4 is 33.5 Å². The number of nitro groups is 1. The van der Waals surface area contributed by atoms with Gasteiger partial charge in [-0.15, -0.1) is 0 Å². The number of non-ortho nitro benzene ring substituents is 1. The number of nitriles is 1. The number of anilines is 1. The molecule has 0 saturated heterocycles. The van der Waals surface area contributed by atoms with Crippen LogP contribution in [0.4, 0.5) is 11.4 Å². The van der Waals surface area contributed by atoms with Crippen molar-refractivity contribution in [2.45, 2.75) is 11.8 Å². The van der Waals surface area contributed by atoms with Crippen LogP contribution in [0.2, 0.25) is 0 Å². The van der Waals surface area contributed by atoms with Gasteiger partial charge in [0.25, 0.3) is 11.6 Å². The second kappa shape index (κ2) is 10.5. The molecule has 3 rings (SSSR count). The van der Waals surface area contributed by atoms with Crippen molar-refractivity contribution in [3.63, 3.8) is 0 Å². The summed E-state index contributed by atoms with van der Waals surface area (Å²) in [6, 6.07) is 17.3. The Kier molecular flexibility index (Phi) is 7.48. The predicted octanol–water partition coefficient (Wildman–Crippen LogP) is 4.23. The first-order chi connectivity index (χ1) is 16.6. The minimum Gasteiger partial charge on any atom is -0.495 e. The van der Waals surface area contributed by atoms with E-state index in [0.717, 1.165) is 11.6 Å². The topological polar surface area (TPSA) is 149 Å². The van der Waals surface area contributed by atoms with Crippen molar-refractivity contribution in [2.24, 2.45) is 0 Å². The largest absolute Gasteiger partial charge is 0.495 e. The number of nitrogens with one attached hydrogen (secondary N) is 1. The Labute approximate surface area is 201 Å². The number of hydrogen-bond acceptors (Lipinski definition) is 8. The van der Waals surface area contributed by atoms with Gasteiger partial charge in [0, 0.05) is 12.1 Å². The number of benzene rings is 3. The molecule has 0 aliphatic rings. The van der Waals surface area contributed by atoms with Gasteiger partial charge in [0.1, 0.15) is 28.0 Å². The van der Waals surface area contributed by atoms with E-state index in [2.05, 4.69) is 5.32 Å². The Morgan fingerprint density at radius 3 is 2.31 bits per heavy atom. The van der Waals surface area contributed by atoms with Gasteiger partial charge in [0.15, 0.2) is 0 Å². The normalized spacial score (nSPS) is 11.3. The summed E-state index contributed by atoms with van der Waals surface area (Å²) in [4.78, 5) is 23.0. The van der Waals surface area contributed by atoms with Crippen LogP contribution in [0.5, 0.6) is 11.5 Å². The van der Waals surface area contributed by atoms with Crippen molar-refractivity contribution < 1.29 is 27.1 Å². The number of nitro benzene ring substituents is 1. The molecule has 3 aromatic carbocycles. The quantitative estimate of drug-likeness (QED) is 0.161. The fraction of sp³-hybridized carbons (Fsp3) is 0.0833. The van der Waals surface area contributed by atoms with Crippen LogP contribution in [0.3, 0.4) is 0 Å². The highest BCUT2D eigenvalue weighted by molar-refractivity contribution is 7.87. The third-order valence-corrected chi connectivity index (χ3v) is 5.98. The van der Waals surface area contributed by atoms with Crippen molar-refractivity contribution in [2.75, 3.05) is 12.4 Å². The SMILES string of the molecule is COc1ccc([N+](=O)[O-])cc1NC(=O)/C(C#N)=C/c1ccc(OS(=O)(=O)c2ccc(C)cc2)cc1. The van der Waals surface area contributed by atoms with Gasteiger partial charge < -0.3 is 14.2 Å². The number of amides is 1. The van der Waals surface area contributed by atoms with E-state index < -0.39 is 20.9 Å². The summed E-state index contributed by atoms with van der Waals surface area (Å²) in [7, 11) is -2.69. The van der Waals surface area contributed by atoms with Gasteiger partial charge in [-0.2, -0.15) is 13.7 Å². The number of nitrogens with zero attached hydrogens (tertiary/aromatic N) is 2. The first-order valence-corrected chi connectivity index (χ1v) is 11.4. The Balaban J connectivity index is 1.78. The minimum atomic E-state index is -4.03. The molecule has 178 valence electrons. The zero-order valence-electron chi connectivity index (χ0n) is 18.6. The first-order valence-electron chi connectivity index (χ1n) is 10.00. The summed E-state index contributed by atoms with van der Waals surface area (Å²) in [6.07, 6.45) is 1.28. The number of hydrogen-bond donors (Lipinski definition) is 1. The van der Waals surface area contributed by atoms with E-state index in [1.165, 1.54) is 61.7 Å². The molecule has 0 unspecified atom stereocenters. The van der Waals surface area contributed by atoms with Crippen molar-refractivity contribution in [1.82, 2.24) is 0 Å². The smallest absolute Gasteiger partial charge is 0.339 e. The Hall–Kier alpha value is -4.69. The average Bonchev–Trinajstić information content (AvgIpc) is 2.83. The fourth-order valence-corrected chi connectivity index (χ4v) is 3.84. The summed E-state index contributed by atoms with van der Waals surface area (Å²) >= 11 is 0. The Bertz CT molecular complexity index is 1440. The first kappa shape index (κ1) is 24.9. The van der Waals surface area contributed by atoms with E-state index in [1.807, 2.05) is 6.92 Å². The Morgan fingerprint density at radius 1 is 1.09 bits per heavy atom. The summed E-state index contributed by atoms with van der Waals surface area (Å²) in [5.74, 6) is -0.585. The molecule has 0 bridgehead atoms. The Morgan fingerprint density at radius 2 is 1.74 bits per heavy atom. The number of ether oxygens (including phenoxy) is 1. The van der Waals surface area contributed by atoms with Gasteiger partial charge in [0.2, 0.25) is 0 Å². The van der Waals surface area contributed by atoms with Gasteiger partial charge >= 0.3 is 10.1 Å². The summed E-state index contributed by atoms with van der Waals surface area (Å²) in [5, 5.41) is 22.9. The zero-order chi connectivity index (χ0) is 25.6. The summed E-state index contributed by atoms with van der Waals surface area (Å²) < 4.78 is 35.1. The second-order valence-corrected chi connectivity index (χ2v) is 8.73. The molecule has 3 aromatic rings. The van der Waals surface area contributed by atoms with Gasteiger partial charge in [-0.3, -0.25) is 14.9 Å². The summed E-state index contributed by atoms with van der Waals surface area (Å²) in [6.45, 7) is 1.83. The molecule has 1 N–H and O–H groups in total. The minimum absolute atomic E-state index is 0.00656. The third-order valence-electron chi connectivity index (χ3n) is 4.71. The monoisotopic (exact) mass is 493 g/mol. The van der Waals surface area contributed by atoms with Gasteiger partial charge in [-0.25, -0.2) is 0 Å². The van der Waals surface area contributed by atoms with E-state index >= 15 is 0 Å². The maximum atomic E-state index is 12.6. The highest BCUT2D eigenvalue weighted by Crippen LogP contribution is 2.29. The van der Waals surface area contributed by atoms with E-state index in [0.29, 0.717) is 5.56 Å². The third kappa shape index (κ3) is 6.21. The van der Waals surface area contributed by atoms with Crippen molar-refractivity contribution in [3.05, 3.63) is 93.5 Å². The summed E-state index contributed by atoms with van der Waals surface area (Å²) in [5.41, 5.74) is 0.793. The zero-order valence-corrected chi connectivity index (χ0v) is 19.4. The molecule has 10 nitrogen and oxygen atoms in total. The number of aryl methyl sites for hydroxylation is 1. The number of carbonyl (C=O) groups excluding carboxylic acids is 1. The van der Waals surface area contributed by atoms with Crippen LogP contribution >= 0.6 is 0 Å². The van der Waals surface area contributed by atoms with Crippen LogP contribution in [-0.4, -0.2) is 26.4 Å². The van der Waals surface area contributed by atoms with E-state index in [1.54, 1.807) is 18.2 Å². The van der Waals surface area contributed by atoms with Gasteiger partial charge in [-0.05, 0) is 48.9 Å². The highest BCUT2D eigenvalue weighted by atomic mass is 32.2. The van der Waals surface area contributed by atoms with E-state index in [9.17, 15) is 28.6 Å². The average molecular weight is 493 g/mol. The second-order valence-electron chi connectivity index (χ2n) is 7.19. The molecule has 0 saturated carbocycles. The lowest BCUT2D eigenvalue weighted by Crippen LogP contribution is -2.14. The molecule has 35 heavy (non-hydrogen) atoms. The lowest BCUT2D eigenvalue weighted by molar-refractivity contribution is -0.384. The number of rotatable bonds is 8.